The maximum Gasteiger partial charge on any atom is 0.231 e. The quantitative estimate of drug-likeness (QED) is 0.255. The topological polar surface area (TPSA) is 122 Å². The summed E-state index contributed by atoms with van der Waals surface area (Å²) in [5.74, 6) is 0.335. The first-order chi connectivity index (χ1) is 18.8. The van der Waals surface area contributed by atoms with E-state index in [1.54, 1.807) is 18.2 Å². The number of rotatable bonds is 9. The summed E-state index contributed by atoms with van der Waals surface area (Å²) in [7, 11) is 0. The van der Waals surface area contributed by atoms with Gasteiger partial charge in [0, 0.05) is 36.1 Å². The van der Waals surface area contributed by atoms with E-state index >= 15 is 0 Å². The molecule has 13 heteroatoms. The van der Waals surface area contributed by atoms with Crippen molar-refractivity contribution in [2.75, 3.05) is 18.0 Å². The number of nitrogens with one attached hydrogen (secondary N) is 1. The molecule has 212 valence electrons. The van der Waals surface area contributed by atoms with E-state index in [1.165, 1.54) is 4.80 Å². The molecule has 0 spiro atoms. The van der Waals surface area contributed by atoms with E-state index < -0.39 is 0 Å². The van der Waals surface area contributed by atoms with Gasteiger partial charge in [0.2, 0.25) is 22.4 Å². The van der Waals surface area contributed by atoms with E-state index in [-0.39, 0.29) is 40.1 Å². The Morgan fingerprint density at radius 2 is 1.70 bits per heavy atom. The second-order valence-corrected chi connectivity index (χ2v) is 11.8. The monoisotopic (exact) mass is 604 g/mol. The number of hydrogen-bond donors (Lipinski definition) is 2. The number of aryl methyl sites for hydroxylation is 1. The predicted octanol–water partition coefficient (Wildman–Crippen LogP) is 5.53. The first-order valence-corrected chi connectivity index (χ1v) is 13.9. The minimum atomic E-state index is -0.353. The number of carbonyl (C=O) groups is 1. The van der Waals surface area contributed by atoms with E-state index in [9.17, 15) is 9.90 Å². The smallest absolute Gasteiger partial charge is 0.231 e. The molecule has 0 aliphatic rings. The molecule has 0 unspecified atom stereocenters. The van der Waals surface area contributed by atoms with Crippen LogP contribution in [0.4, 0.5) is 5.95 Å². The Balaban J connectivity index is 1.47. The van der Waals surface area contributed by atoms with Gasteiger partial charge in [0.15, 0.2) is 0 Å². The highest BCUT2D eigenvalue weighted by molar-refractivity contribution is 6.31. The van der Waals surface area contributed by atoms with E-state index in [1.807, 2.05) is 51.7 Å². The van der Waals surface area contributed by atoms with E-state index in [2.05, 4.69) is 30.5 Å². The van der Waals surface area contributed by atoms with Crippen molar-refractivity contribution in [1.29, 1.82) is 0 Å². The van der Waals surface area contributed by atoms with Crippen molar-refractivity contribution in [2.45, 2.75) is 58.9 Å². The molecule has 0 saturated heterocycles. The Kier molecular flexibility index (Phi) is 9.02. The van der Waals surface area contributed by atoms with Crippen LogP contribution < -0.4 is 10.2 Å². The molecule has 4 rings (SSSR count). The fourth-order valence-corrected chi connectivity index (χ4v) is 4.76. The Bertz CT molecular complexity index is 1510. The van der Waals surface area contributed by atoms with Crippen LogP contribution >= 0.6 is 34.8 Å². The summed E-state index contributed by atoms with van der Waals surface area (Å²) in [5, 5.41) is 23.7. The Labute approximate surface area is 247 Å². The van der Waals surface area contributed by atoms with Gasteiger partial charge in [-0.1, -0.05) is 38.4 Å². The van der Waals surface area contributed by atoms with Crippen molar-refractivity contribution < 1.29 is 9.90 Å². The zero-order valence-corrected chi connectivity index (χ0v) is 25.2. The first-order valence-electron chi connectivity index (χ1n) is 12.8. The normalized spacial score (nSPS) is 11.8. The molecule has 0 bridgehead atoms. The summed E-state index contributed by atoms with van der Waals surface area (Å²) >= 11 is 18.0. The second kappa shape index (κ2) is 12.1. The van der Waals surface area contributed by atoms with Gasteiger partial charge in [0.05, 0.1) is 0 Å². The Hall–Kier alpha value is -3.21. The summed E-state index contributed by atoms with van der Waals surface area (Å²) in [6.07, 6.45) is 0.713. The number of nitrogens with zero attached hydrogens (tertiary/aromatic N) is 7. The molecule has 2 aromatic heterocycles. The van der Waals surface area contributed by atoms with Crippen molar-refractivity contribution in [2.24, 2.45) is 0 Å². The van der Waals surface area contributed by atoms with Gasteiger partial charge in [-0.25, -0.2) is 0 Å². The van der Waals surface area contributed by atoms with Gasteiger partial charge in [-0.3, -0.25) is 4.79 Å². The van der Waals surface area contributed by atoms with Gasteiger partial charge >= 0.3 is 0 Å². The highest BCUT2D eigenvalue weighted by Gasteiger charge is 2.24. The second-order valence-electron chi connectivity index (χ2n) is 10.7. The number of amides is 1. The van der Waals surface area contributed by atoms with Crippen LogP contribution in [0.5, 0.6) is 5.75 Å². The third kappa shape index (κ3) is 7.10. The van der Waals surface area contributed by atoms with Crippen LogP contribution in [-0.2, 0) is 16.6 Å². The number of carbonyl (C=O) groups excluding carboxylic acids is 1. The van der Waals surface area contributed by atoms with Crippen LogP contribution in [0.15, 0.2) is 30.3 Å². The number of hydrogen-bond acceptors (Lipinski definition) is 8. The average molecular weight is 606 g/mol. The number of halogens is 3. The van der Waals surface area contributed by atoms with Crippen LogP contribution in [0.2, 0.25) is 15.6 Å². The number of phenols is 1. The SMILES string of the molecule is CC(C)N(CCNC(=O)CCc1cc(-n2nc3ccc(Cl)cc3n2)c(O)c(C(C)(C)C)c1)c1nc(Cl)nc(Cl)n1. The Morgan fingerprint density at radius 1 is 1.02 bits per heavy atom. The molecule has 2 aromatic carbocycles. The maximum absolute atomic E-state index is 12.8. The zero-order chi connectivity index (χ0) is 29.2. The van der Waals surface area contributed by atoms with Gasteiger partial charge in [-0.15, -0.1) is 15.0 Å². The van der Waals surface area contributed by atoms with E-state index in [0.717, 1.165) is 11.1 Å². The van der Waals surface area contributed by atoms with Crippen molar-refractivity contribution in [3.8, 4) is 11.4 Å². The Morgan fingerprint density at radius 3 is 2.35 bits per heavy atom. The third-order valence-electron chi connectivity index (χ3n) is 6.28. The summed E-state index contributed by atoms with van der Waals surface area (Å²) < 4.78 is 0. The van der Waals surface area contributed by atoms with Crippen molar-refractivity contribution in [3.05, 3.63) is 57.0 Å². The molecule has 0 atom stereocenters. The van der Waals surface area contributed by atoms with Gasteiger partial charge < -0.3 is 15.3 Å². The number of aromatic nitrogens is 6. The molecule has 0 radical (unpaired) electrons. The molecular weight excluding hydrogens is 575 g/mol. The van der Waals surface area contributed by atoms with E-state index in [0.29, 0.717) is 47.2 Å². The lowest BCUT2D eigenvalue weighted by atomic mass is 9.84. The predicted molar refractivity (Wildman–Crippen MR) is 158 cm³/mol. The molecule has 0 aliphatic carbocycles. The number of anilines is 1. The zero-order valence-electron chi connectivity index (χ0n) is 22.9. The highest BCUT2D eigenvalue weighted by Crippen LogP contribution is 2.36. The molecule has 0 aliphatic heterocycles. The number of aromatic hydroxyl groups is 1. The lowest BCUT2D eigenvalue weighted by Gasteiger charge is -2.26. The van der Waals surface area contributed by atoms with Gasteiger partial charge in [-0.05, 0) is 78.7 Å². The fraction of sp³-hybridized carbons (Fsp3) is 0.407. The molecule has 10 nitrogen and oxygen atoms in total. The van der Waals surface area contributed by atoms with Crippen LogP contribution in [0, 0.1) is 0 Å². The molecule has 2 N–H and O–H groups in total. The first kappa shape index (κ1) is 29.8. The molecule has 1 amide bonds. The number of phenolic OH excluding ortho intramolecular Hbond substituents is 1. The minimum Gasteiger partial charge on any atom is -0.505 e. The summed E-state index contributed by atoms with van der Waals surface area (Å²) in [6, 6.07) is 9.03. The molecular formula is C27H31Cl3N8O2. The van der Waals surface area contributed by atoms with Crippen molar-refractivity contribution in [3.63, 3.8) is 0 Å². The molecule has 0 saturated carbocycles. The number of fused-ring (bicyclic) bond motifs is 1. The number of benzene rings is 2. The standard InChI is InChI=1S/C27H31Cl3N8O2/c1-15(2)37(26-33-24(29)32-25(30)34-26)11-10-31-22(39)9-6-16-12-18(27(3,4)5)23(40)21(13-16)38-35-19-8-7-17(28)14-20(19)36-38/h7-8,12-15,40H,6,9-11H2,1-5H3,(H,31,39). The van der Waals surface area contributed by atoms with E-state index in [4.69, 9.17) is 34.8 Å². The van der Waals surface area contributed by atoms with Gasteiger partial charge in [-0.2, -0.15) is 15.0 Å². The van der Waals surface area contributed by atoms with Gasteiger partial charge in [0.25, 0.3) is 0 Å². The molecule has 4 aromatic rings. The highest BCUT2D eigenvalue weighted by atomic mass is 35.5. The largest absolute Gasteiger partial charge is 0.505 e. The van der Waals surface area contributed by atoms with Crippen LogP contribution in [0.3, 0.4) is 0 Å². The lowest BCUT2D eigenvalue weighted by molar-refractivity contribution is -0.121. The average Bonchev–Trinajstić information content (AvgIpc) is 3.27. The molecule has 40 heavy (non-hydrogen) atoms. The van der Waals surface area contributed by atoms with Crippen LogP contribution in [0.1, 0.15) is 52.2 Å². The van der Waals surface area contributed by atoms with Crippen LogP contribution in [-0.4, -0.2) is 60.1 Å². The van der Waals surface area contributed by atoms with Crippen molar-refractivity contribution >= 4 is 57.7 Å². The minimum absolute atomic E-state index is 0.00906. The van der Waals surface area contributed by atoms with Gasteiger partial charge in [0.1, 0.15) is 22.5 Å². The van der Waals surface area contributed by atoms with Crippen LogP contribution in [0.25, 0.3) is 16.7 Å². The molecule has 0 fully saturated rings. The lowest BCUT2D eigenvalue weighted by Crippen LogP contribution is -2.39. The fourth-order valence-electron chi connectivity index (χ4n) is 4.24. The summed E-state index contributed by atoms with van der Waals surface area (Å²) in [5.41, 5.74) is 2.98. The van der Waals surface area contributed by atoms with Crippen molar-refractivity contribution in [1.82, 2.24) is 35.3 Å². The summed E-state index contributed by atoms with van der Waals surface area (Å²) in [4.78, 5) is 28.1. The maximum atomic E-state index is 12.8. The third-order valence-corrected chi connectivity index (χ3v) is 6.85. The molecule has 2 heterocycles. The summed E-state index contributed by atoms with van der Waals surface area (Å²) in [6.45, 7) is 10.8.